The van der Waals surface area contributed by atoms with E-state index in [1.807, 2.05) is 18.2 Å². The Morgan fingerprint density at radius 1 is 1.03 bits per heavy atom. The summed E-state index contributed by atoms with van der Waals surface area (Å²) in [5.41, 5.74) is 11.6. The van der Waals surface area contributed by atoms with Crippen LogP contribution >= 0.6 is 0 Å². The summed E-state index contributed by atoms with van der Waals surface area (Å²) < 4.78 is 16.0. The minimum Gasteiger partial charge on any atom is -0.502 e. The van der Waals surface area contributed by atoms with Crippen LogP contribution in [0, 0.1) is 11.3 Å². The zero-order valence-electron chi connectivity index (χ0n) is 16.9. The number of aryl methyl sites for hydroxylation is 1. The molecule has 2 aromatic carbocycles. The lowest BCUT2D eigenvalue weighted by Gasteiger charge is -2.24. The van der Waals surface area contributed by atoms with E-state index in [-0.39, 0.29) is 23.1 Å². The molecule has 0 aliphatic heterocycles. The van der Waals surface area contributed by atoms with Crippen molar-refractivity contribution >= 4 is 5.82 Å². The van der Waals surface area contributed by atoms with E-state index in [4.69, 9.17) is 19.9 Å². The summed E-state index contributed by atoms with van der Waals surface area (Å²) in [6, 6.07) is 11.4. The molecule has 1 aromatic heterocycles. The van der Waals surface area contributed by atoms with Gasteiger partial charge in [0, 0.05) is 11.1 Å². The van der Waals surface area contributed by atoms with Gasteiger partial charge in [0.2, 0.25) is 5.75 Å². The third-order valence-electron chi connectivity index (χ3n) is 5.42. The number of nitriles is 1. The molecular weight excluding hydrogens is 382 g/mol. The first-order chi connectivity index (χ1) is 14.5. The number of aromatic nitrogens is 1. The van der Waals surface area contributed by atoms with Crippen LogP contribution in [0.25, 0.3) is 22.4 Å². The molecule has 4 rings (SSSR count). The van der Waals surface area contributed by atoms with Crippen LogP contribution in [-0.2, 0) is 12.8 Å². The maximum Gasteiger partial charge on any atom is 0.200 e. The second-order valence-corrected chi connectivity index (χ2v) is 6.94. The van der Waals surface area contributed by atoms with Crippen molar-refractivity contribution in [2.45, 2.75) is 12.8 Å². The van der Waals surface area contributed by atoms with Gasteiger partial charge in [0.25, 0.3) is 0 Å². The molecule has 0 saturated heterocycles. The molecule has 3 N–H and O–H groups in total. The third-order valence-corrected chi connectivity index (χ3v) is 5.42. The molecule has 3 aromatic rings. The van der Waals surface area contributed by atoms with E-state index in [0.717, 1.165) is 34.6 Å². The van der Waals surface area contributed by atoms with Gasteiger partial charge in [-0.25, -0.2) is 4.98 Å². The molecule has 0 fully saturated rings. The number of hydrogen-bond acceptors (Lipinski definition) is 7. The number of nitrogen functional groups attached to an aromatic ring is 1. The zero-order valence-corrected chi connectivity index (χ0v) is 16.9. The summed E-state index contributed by atoms with van der Waals surface area (Å²) in [6.07, 6.45) is 1.45. The van der Waals surface area contributed by atoms with Crippen molar-refractivity contribution in [3.8, 4) is 51.5 Å². The van der Waals surface area contributed by atoms with Gasteiger partial charge in [0.15, 0.2) is 11.5 Å². The number of benzene rings is 2. The molecule has 1 aliphatic rings. The van der Waals surface area contributed by atoms with Crippen molar-refractivity contribution < 1.29 is 19.3 Å². The Labute approximate surface area is 174 Å². The Morgan fingerprint density at radius 2 is 1.73 bits per heavy atom. The molecule has 152 valence electrons. The number of hydrogen-bond donors (Lipinski definition) is 2. The molecule has 0 bridgehead atoms. The van der Waals surface area contributed by atoms with Crippen LogP contribution in [0.5, 0.6) is 23.0 Å². The van der Waals surface area contributed by atoms with Crippen LogP contribution in [0.15, 0.2) is 30.3 Å². The Morgan fingerprint density at radius 3 is 2.33 bits per heavy atom. The molecular formula is C23H21N3O4. The number of nitrogens with two attached hydrogens (primary N) is 1. The molecule has 0 saturated carbocycles. The molecule has 1 heterocycles. The number of aromatic hydroxyl groups is 1. The third kappa shape index (κ3) is 2.94. The predicted molar refractivity (Wildman–Crippen MR) is 113 cm³/mol. The number of nitrogens with zero attached hydrogens (tertiary/aromatic N) is 2. The first-order valence-electron chi connectivity index (χ1n) is 9.37. The summed E-state index contributed by atoms with van der Waals surface area (Å²) in [5, 5.41) is 20.1. The Hall–Kier alpha value is -3.92. The van der Waals surface area contributed by atoms with Crippen molar-refractivity contribution in [3.63, 3.8) is 0 Å². The topological polar surface area (TPSA) is 111 Å². The molecule has 0 unspecified atom stereocenters. The van der Waals surface area contributed by atoms with Crippen LogP contribution in [0.4, 0.5) is 5.82 Å². The molecule has 1 aliphatic carbocycles. The number of fused-ring (bicyclic) bond motifs is 3. The van der Waals surface area contributed by atoms with Gasteiger partial charge in [-0.05, 0) is 59.9 Å². The van der Waals surface area contributed by atoms with Crippen LogP contribution in [-0.4, -0.2) is 31.4 Å². The van der Waals surface area contributed by atoms with Crippen LogP contribution in [0.1, 0.15) is 16.7 Å². The highest BCUT2D eigenvalue weighted by molar-refractivity contribution is 5.87. The molecule has 30 heavy (non-hydrogen) atoms. The highest BCUT2D eigenvalue weighted by Crippen LogP contribution is 2.46. The van der Waals surface area contributed by atoms with Gasteiger partial charge in [-0.1, -0.05) is 0 Å². The van der Waals surface area contributed by atoms with Gasteiger partial charge >= 0.3 is 0 Å². The quantitative estimate of drug-likeness (QED) is 0.683. The van der Waals surface area contributed by atoms with E-state index in [1.165, 1.54) is 14.2 Å². The highest BCUT2D eigenvalue weighted by Gasteiger charge is 2.27. The fraction of sp³-hybridized carbons (Fsp3) is 0.217. The lowest BCUT2D eigenvalue weighted by atomic mass is 9.83. The van der Waals surface area contributed by atoms with Crippen molar-refractivity contribution in [1.29, 1.82) is 5.26 Å². The van der Waals surface area contributed by atoms with E-state index in [1.54, 1.807) is 19.2 Å². The second kappa shape index (κ2) is 7.48. The Bertz CT molecular complexity index is 1170. The highest BCUT2D eigenvalue weighted by atomic mass is 16.5. The molecule has 7 nitrogen and oxygen atoms in total. The monoisotopic (exact) mass is 403 g/mol. The SMILES string of the molecule is COc1ccc2c(c1)CCc1c-2nc(N)c(C#N)c1-c1cc(OC)c(O)c(OC)c1. The molecule has 0 radical (unpaired) electrons. The summed E-state index contributed by atoms with van der Waals surface area (Å²) >= 11 is 0. The lowest BCUT2D eigenvalue weighted by Crippen LogP contribution is -2.12. The molecule has 0 atom stereocenters. The number of rotatable bonds is 4. The van der Waals surface area contributed by atoms with E-state index in [0.29, 0.717) is 23.1 Å². The summed E-state index contributed by atoms with van der Waals surface area (Å²) in [4.78, 5) is 4.57. The molecule has 7 heteroatoms. The maximum absolute atomic E-state index is 10.3. The minimum atomic E-state index is -0.101. The average Bonchev–Trinajstić information content (AvgIpc) is 2.77. The zero-order chi connectivity index (χ0) is 21.4. The summed E-state index contributed by atoms with van der Waals surface area (Å²) in [7, 11) is 4.56. The van der Waals surface area contributed by atoms with E-state index >= 15 is 0 Å². The van der Waals surface area contributed by atoms with Gasteiger partial charge in [-0.3, -0.25) is 0 Å². The van der Waals surface area contributed by atoms with Crippen molar-refractivity contribution in [2.24, 2.45) is 0 Å². The Balaban J connectivity index is 2.03. The van der Waals surface area contributed by atoms with E-state index in [9.17, 15) is 10.4 Å². The van der Waals surface area contributed by atoms with Gasteiger partial charge < -0.3 is 25.1 Å². The molecule has 0 amide bonds. The number of anilines is 1. The van der Waals surface area contributed by atoms with Crippen molar-refractivity contribution in [1.82, 2.24) is 4.98 Å². The first-order valence-corrected chi connectivity index (χ1v) is 9.37. The summed E-state index contributed by atoms with van der Waals surface area (Å²) in [5.74, 6) is 1.33. The molecule has 0 spiro atoms. The maximum atomic E-state index is 10.3. The number of phenols is 1. The summed E-state index contributed by atoms with van der Waals surface area (Å²) in [6.45, 7) is 0. The normalized spacial score (nSPS) is 11.8. The number of phenolic OH excluding ortho intramolecular Hbond substituents is 1. The first kappa shape index (κ1) is 19.4. The second-order valence-electron chi connectivity index (χ2n) is 6.94. The van der Waals surface area contributed by atoms with Crippen LogP contribution in [0.3, 0.4) is 0 Å². The Kier molecular flexibility index (Phi) is 4.84. The smallest absolute Gasteiger partial charge is 0.200 e. The minimum absolute atomic E-state index is 0.101. The number of pyridine rings is 1. The fourth-order valence-electron chi connectivity index (χ4n) is 3.97. The largest absolute Gasteiger partial charge is 0.502 e. The van der Waals surface area contributed by atoms with E-state index in [2.05, 4.69) is 11.1 Å². The lowest BCUT2D eigenvalue weighted by molar-refractivity contribution is 0.340. The van der Waals surface area contributed by atoms with Gasteiger partial charge in [0.1, 0.15) is 23.2 Å². The standard InChI is InChI=1S/C23H21N3O4/c1-28-14-5-7-15-12(8-14)4-6-16-20(17(11-24)23(25)26-21(15)16)13-9-18(29-2)22(27)19(10-13)30-3/h5,7-10,27H,4,6H2,1-3H3,(H2,25,26). The fourth-order valence-corrected chi connectivity index (χ4v) is 3.97. The van der Waals surface area contributed by atoms with Gasteiger partial charge in [0.05, 0.1) is 27.0 Å². The predicted octanol–water partition coefficient (Wildman–Crippen LogP) is 3.70. The number of methoxy groups -OCH3 is 3. The van der Waals surface area contributed by atoms with Crippen molar-refractivity contribution in [3.05, 3.63) is 47.0 Å². The van der Waals surface area contributed by atoms with Gasteiger partial charge in [-0.2, -0.15) is 5.26 Å². The van der Waals surface area contributed by atoms with E-state index < -0.39 is 0 Å². The number of ether oxygens (including phenoxy) is 3. The van der Waals surface area contributed by atoms with Crippen molar-refractivity contribution in [2.75, 3.05) is 27.1 Å². The van der Waals surface area contributed by atoms with Crippen LogP contribution < -0.4 is 19.9 Å². The van der Waals surface area contributed by atoms with Crippen LogP contribution in [0.2, 0.25) is 0 Å². The van der Waals surface area contributed by atoms with Gasteiger partial charge in [-0.15, -0.1) is 0 Å². The average molecular weight is 403 g/mol.